The maximum absolute atomic E-state index is 13.4. The molecule has 3 aromatic carbocycles. The van der Waals surface area contributed by atoms with Crippen LogP contribution in [0, 0.1) is 0 Å². The number of amides is 2. The second kappa shape index (κ2) is 10.6. The Balaban J connectivity index is 1.58. The fourth-order valence-corrected chi connectivity index (χ4v) is 4.34. The smallest absolute Gasteiger partial charge is 0.416 e. The van der Waals surface area contributed by atoms with Crippen molar-refractivity contribution in [1.29, 1.82) is 0 Å². The number of ether oxygens (including phenoxy) is 1. The van der Waals surface area contributed by atoms with Crippen molar-refractivity contribution in [2.75, 3.05) is 20.7 Å². The summed E-state index contributed by atoms with van der Waals surface area (Å²) in [6, 6.07) is 17.8. The van der Waals surface area contributed by atoms with Gasteiger partial charge in [0, 0.05) is 29.6 Å². The van der Waals surface area contributed by atoms with Crippen LogP contribution in [0.2, 0.25) is 5.02 Å². The number of alkyl halides is 3. The molecular formula is C27H23ClF3N3O3. The lowest BCUT2D eigenvalue weighted by atomic mass is 9.98. The molecule has 1 aliphatic heterocycles. The van der Waals surface area contributed by atoms with Crippen LogP contribution in [0.25, 0.3) is 0 Å². The van der Waals surface area contributed by atoms with E-state index in [4.69, 9.17) is 16.3 Å². The number of halogens is 4. The zero-order valence-corrected chi connectivity index (χ0v) is 20.8. The van der Waals surface area contributed by atoms with Crippen LogP contribution in [-0.2, 0) is 11.0 Å². The van der Waals surface area contributed by atoms with Gasteiger partial charge in [0.15, 0.2) is 0 Å². The van der Waals surface area contributed by atoms with Crippen molar-refractivity contribution in [2.24, 2.45) is 5.10 Å². The number of methoxy groups -OCH3 is 1. The lowest BCUT2D eigenvalue weighted by Gasteiger charge is -2.25. The molecule has 1 aliphatic rings. The van der Waals surface area contributed by atoms with E-state index in [1.54, 1.807) is 25.3 Å². The monoisotopic (exact) mass is 529 g/mol. The molecule has 37 heavy (non-hydrogen) atoms. The summed E-state index contributed by atoms with van der Waals surface area (Å²) in [7, 11) is 2.96. The molecule has 0 aliphatic carbocycles. The Morgan fingerprint density at radius 2 is 1.78 bits per heavy atom. The minimum Gasteiger partial charge on any atom is -0.497 e. The fraction of sp³-hybridized carbons (Fsp3) is 0.222. The Kier molecular flexibility index (Phi) is 7.54. The average Bonchev–Trinajstić information content (AvgIpc) is 3.33. The number of nitrogens with zero attached hydrogens (tertiary/aromatic N) is 3. The van der Waals surface area contributed by atoms with Crippen molar-refractivity contribution in [1.82, 2.24) is 9.91 Å². The number of likely N-dealkylation sites (N-methyl/N-ethyl adjacent to an activating group) is 1. The summed E-state index contributed by atoms with van der Waals surface area (Å²) in [4.78, 5) is 27.3. The van der Waals surface area contributed by atoms with Crippen LogP contribution in [0.3, 0.4) is 0 Å². The van der Waals surface area contributed by atoms with Gasteiger partial charge in [0.1, 0.15) is 12.3 Å². The molecule has 0 fully saturated rings. The largest absolute Gasteiger partial charge is 0.497 e. The van der Waals surface area contributed by atoms with E-state index in [1.807, 2.05) is 30.3 Å². The van der Waals surface area contributed by atoms with Crippen molar-refractivity contribution in [3.63, 3.8) is 0 Å². The van der Waals surface area contributed by atoms with Crippen LogP contribution in [0.1, 0.15) is 39.5 Å². The average molecular weight is 530 g/mol. The van der Waals surface area contributed by atoms with E-state index < -0.39 is 29.6 Å². The number of hydrogen-bond donors (Lipinski definition) is 0. The molecule has 0 aromatic heterocycles. The molecule has 4 rings (SSSR count). The molecule has 0 saturated heterocycles. The maximum atomic E-state index is 13.4. The Labute approximate surface area is 216 Å². The molecule has 0 spiro atoms. The molecule has 0 saturated carbocycles. The molecule has 10 heteroatoms. The fourth-order valence-electron chi connectivity index (χ4n) is 4.07. The van der Waals surface area contributed by atoms with Crippen LogP contribution in [0.15, 0.2) is 77.9 Å². The molecule has 0 bridgehead atoms. The van der Waals surface area contributed by atoms with Gasteiger partial charge in [-0.1, -0.05) is 41.9 Å². The molecule has 6 nitrogen and oxygen atoms in total. The van der Waals surface area contributed by atoms with Crippen molar-refractivity contribution in [2.45, 2.75) is 18.6 Å². The third kappa shape index (κ3) is 5.77. The van der Waals surface area contributed by atoms with E-state index in [-0.39, 0.29) is 12.1 Å². The van der Waals surface area contributed by atoms with Crippen LogP contribution in [-0.4, -0.2) is 48.1 Å². The summed E-state index contributed by atoms with van der Waals surface area (Å²) < 4.78 is 43.9. The van der Waals surface area contributed by atoms with E-state index >= 15 is 0 Å². The highest BCUT2D eigenvalue weighted by molar-refractivity contribution is 6.31. The third-order valence-corrected chi connectivity index (χ3v) is 6.36. The van der Waals surface area contributed by atoms with Gasteiger partial charge in [-0.15, -0.1) is 0 Å². The van der Waals surface area contributed by atoms with Gasteiger partial charge in [-0.2, -0.15) is 18.3 Å². The van der Waals surface area contributed by atoms with Crippen molar-refractivity contribution < 1.29 is 27.5 Å². The minimum absolute atomic E-state index is 0.0351. The predicted molar refractivity (Wildman–Crippen MR) is 134 cm³/mol. The summed E-state index contributed by atoms with van der Waals surface area (Å²) in [6.07, 6.45) is -4.12. The Bertz CT molecular complexity index is 1340. The van der Waals surface area contributed by atoms with Gasteiger partial charge in [0.25, 0.3) is 11.8 Å². The van der Waals surface area contributed by atoms with E-state index in [1.165, 1.54) is 12.1 Å². The number of hydrogen-bond acceptors (Lipinski definition) is 4. The first kappa shape index (κ1) is 26.2. The standard InChI is InChI=1S/C27H23ClF3N3O3/c1-33(26(36)17-10-12-19(13-11-17)27(29,30)31)16-25(35)34-24(21-8-3-4-9-22(21)28)15-23(32-34)18-6-5-7-20(14-18)37-2/h3-14,24H,15-16H2,1-2H3. The predicted octanol–water partition coefficient (Wildman–Crippen LogP) is 5.82. The summed E-state index contributed by atoms with van der Waals surface area (Å²) >= 11 is 6.44. The highest BCUT2D eigenvalue weighted by atomic mass is 35.5. The van der Waals surface area contributed by atoms with E-state index in [2.05, 4.69) is 5.10 Å². The molecule has 1 heterocycles. The SMILES string of the molecule is COc1cccc(C2=NN(C(=O)CN(C)C(=O)c3ccc(C(F)(F)F)cc3)C(c3ccccc3Cl)C2)c1. The first-order valence-corrected chi connectivity index (χ1v) is 11.7. The number of carbonyl (C=O) groups excluding carboxylic acids is 2. The Hall–Kier alpha value is -3.85. The Morgan fingerprint density at radius 3 is 2.43 bits per heavy atom. The second-order valence-electron chi connectivity index (χ2n) is 8.49. The van der Waals surface area contributed by atoms with Gasteiger partial charge in [-0.05, 0) is 48.0 Å². The van der Waals surface area contributed by atoms with Crippen molar-refractivity contribution in [3.05, 3.63) is 100 Å². The van der Waals surface area contributed by atoms with Gasteiger partial charge in [-0.3, -0.25) is 9.59 Å². The highest BCUT2D eigenvalue weighted by Crippen LogP contribution is 2.37. The van der Waals surface area contributed by atoms with Gasteiger partial charge >= 0.3 is 6.18 Å². The van der Waals surface area contributed by atoms with Crippen LogP contribution in [0.5, 0.6) is 5.75 Å². The zero-order chi connectivity index (χ0) is 26.7. The first-order valence-electron chi connectivity index (χ1n) is 11.3. The lowest BCUT2D eigenvalue weighted by Crippen LogP contribution is -2.39. The van der Waals surface area contributed by atoms with Crippen LogP contribution >= 0.6 is 11.6 Å². The number of benzene rings is 3. The quantitative estimate of drug-likeness (QED) is 0.404. The van der Waals surface area contributed by atoms with Gasteiger partial charge in [0.2, 0.25) is 0 Å². The molecule has 3 aromatic rings. The lowest BCUT2D eigenvalue weighted by molar-refractivity contribution is -0.137. The molecule has 0 radical (unpaired) electrons. The first-order chi connectivity index (χ1) is 17.6. The zero-order valence-electron chi connectivity index (χ0n) is 20.0. The topological polar surface area (TPSA) is 62.2 Å². The van der Waals surface area contributed by atoms with E-state index in [0.29, 0.717) is 28.5 Å². The van der Waals surface area contributed by atoms with Crippen molar-refractivity contribution in [3.8, 4) is 5.75 Å². The highest BCUT2D eigenvalue weighted by Gasteiger charge is 2.35. The molecule has 2 amide bonds. The van der Waals surface area contributed by atoms with Gasteiger partial charge < -0.3 is 9.64 Å². The summed E-state index contributed by atoms with van der Waals surface area (Å²) in [5.41, 5.74) is 1.31. The number of hydrazone groups is 1. The van der Waals surface area contributed by atoms with E-state index in [9.17, 15) is 22.8 Å². The van der Waals surface area contributed by atoms with Crippen LogP contribution in [0.4, 0.5) is 13.2 Å². The molecule has 0 N–H and O–H groups in total. The van der Waals surface area contributed by atoms with Gasteiger partial charge in [-0.25, -0.2) is 5.01 Å². The summed E-state index contributed by atoms with van der Waals surface area (Å²) in [6.45, 7) is -0.338. The number of rotatable bonds is 6. The summed E-state index contributed by atoms with van der Waals surface area (Å²) in [5.74, 6) is -0.417. The maximum Gasteiger partial charge on any atom is 0.416 e. The van der Waals surface area contributed by atoms with Crippen molar-refractivity contribution >= 4 is 29.1 Å². The minimum atomic E-state index is -4.51. The Morgan fingerprint density at radius 1 is 1.08 bits per heavy atom. The summed E-state index contributed by atoms with van der Waals surface area (Å²) in [5, 5.41) is 6.37. The third-order valence-electron chi connectivity index (χ3n) is 6.01. The normalized spacial score (nSPS) is 15.4. The molecule has 1 atom stereocenters. The number of carbonyl (C=O) groups is 2. The molecular weight excluding hydrogens is 507 g/mol. The van der Waals surface area contributed by atoms with E-state index in [0.717, 1.165) is 34.7 Å². The molecule has 192 valence electrons. The van der Waals surface area contributed by atoms with Gasteiger partial charge in [0.05, 0.1) is 24.4 Å². The van der Waals surface area contributed by atoms with Crippen LogP contribution < -0.4 is 4.74 Å². The second-order valence-corrected chi connectivity index (χ2v) is 8.90. The molecule has 1 unspecified atom stereocenters.